The Morgan fingerprint density at radius 2 is 2.00 bits per heavy atom. The van der Waals surface area contributed by atoms with E-state index in [1.807, 2.05) is 42.7 Å². The van der Waals surface area contributed by atoms with Gasteiger partial charge < -0.3 is 0 Å². The molecule has 4 rings (SSSR count). The summed E-state index contributed by atoms with van der Waals surface area (Å²) in [5.74, 6) is -0.0565. The molecule has 5 nitrogen and oxygen atoms in total. The summed E-state index contributed by atoms with van der Waals surface area (Å²) < 4.78 is 16.7. The maximum Gasteiger partial charge on any atom is 0.403 e. The number of fused-ring (bicyclic) bond motifs is 3. The Balaban J connectivity index is 1.85. The van der Waals surface area contributed by atoms with E-state index in [0.717, 1.165) is 17.8 Å². The minimum atomic E-state index is -0.383. The van der Waals surface area contributed by atoms with Crippen molar-refractivity contribution < 1.29 is 13.8 Å². The van der Waals surface area contributed by atoms with E-state index in [-0.39, 0.29) is 29.7 Å². The number of ketones is 1. The number of rotatable bonds is 5. The number of carbonyl (C=O) groups is 1. The molecule has 0 saturated carbocycles. The second kappa shape index (κ2) is 7.11. The smallest absolute Gasteiger partial charge is 0.291 e. The van der Waals surface area contributed by atoms with Crippen molar-refractivity contribution >= 4 is 17.4 Å². The maximum atomic E-state index is 13.2. The van der Waals surface area contributed by atoms with Crippen molar-refractivity contribution in [2.45, 2.75) is 39.3 Å². The van der Waals surface area contributed by atoms with Gasteiger partial charge in [-0.25, -0.2) is 8.96 Å². The van der Waals surface area contributed by atoms with E-state index in [9.17, 15) is 14.0 Å². The van der Waals surface area contributed by atoms with Gasteiger partial charge in [0.2, 0.25) is 0 Å². The lowest BCUT2D eigenvalue weighted by atomic mass is 10.1. The average molecular weight is 378 g/mol. The molecular weight excluding hydrogens is 357 g/mol. The quantitative estimate of drug-likeness (QED) is 0.593. The summed E-state index contributed by atoms with van der Waals surface area (Å²) in [6.07, 6.45) is 9.08. The zero-order chi connectivity index (χ0) is 19.8. The predicted molar refractivity (Wildman–Crippen MR) is 105 cm³/mol. The highest BCUT2D eigenvalue weighted by Gasteiger charge is 2.38. The molecule has 0 radical (unpaired) electrons. The maximum absolute atomic E-state index is 13.2. The fourth-order valence-corrected chi connectivity index (χ4v) is 3.75. The molecule has 1 unspecified atom stereocenters. The van der Waals surface area contributed by atoms with Crippen LogP contribution in [0.15, 0.2) is 58.4 Å². The number of hydrogen-bond donors (Lipinski definition) is 0. The van der Waals surface area contributed by atoms with E-state index in [2.05, 4.69) is 4.99 Å². The minimum Gasteiger partial charge on any atom is -0.291 e. The molecule has 28 heavy (non-hydrogen) atoms. The molecule has 0 spiro atoms. The number of halogens is 1. The van der Waals surface area contributed by atoms with Crippen LogP contribution in [-0.4, -0.2) is 16.1 Å². The fourth-order valence-electron chi connectivity index (χ4n) is 3.75. The van der Waals surface area contributed by atoms with Crippen LogP contribution in [0.25, 0.3) is 0 Å². The van der Waals surface area contributed by atoms with Gasteiger partial charge in [-0.1, -0.05) is 30.5 Å². The van der Waals surface area contributed by atoms with Crippen molar-refractivity contribution in [3.63, 3.8) is 0 Å². The first-order valence-electron chi connectivity index (χ1n) is 9.41. The number of carbonyl (C=O) groups excluding carboxylic acids is 1. The summed E-state index contributed by atoms with van der Waals surface area (Å²) in [5, 5.41) is 0. The lowest BCUT2D eigenvalue weighted by molar-refractivity contribution is -0.680. The van der Waals surface area contributed by atoms with Gasteiger partial charge in [0.05, 0.1) is 11.3 Å². The van der Waals surface area contributed by atoms with Crippen LogP contribution < -0.4 is 10.1 Å². The SMILES string of the molecule is CCCc1c(C)[n+](CC(=O)c2ccc(F)cc2)c2n(c1=O)C1C=CC=CC1=N2. The molecule has 0 N–H and O–H groups in total. The van der Waals surface area contributed by atoms with Gasteiger partial charge in [-0.05, 0) is 49.8 Å². The molecule has 2 aliphatic rings. The van der Waals surface area contributed by atoms with Crippen LogP contribution in [-0.2, 0) is 13.0 Å². The van der Waals surface area contributed by atoms with Gasteiger partial charge in [0.1, 0.15) is 12.4 Å². The zero-order valence-corrected chi connectivity index (χ0v) is 15.9. The Bertz CT molecular complexity index is 1110. The second-order valence-corrected chi connectivity index (χ2v) is 7.03. The van der Waals surface area contributed by atoms with Crippen molar-refractivity contribution in [2.24, 2.45) is 4.99 Å². The normalized spacial score (nSPS) is 16.7. The van der Waals surface area contributed by atoms with Crippen molar-refractivity contribution in [1.29, 1.82) is 0 Å². The van der Waals surface area contributed by atoms with E-state index in [1.54, 1.807) is 4.57 Å². The average Bonchev–Trinajstić information content (AvgIpc) is 3.08. The first kappa shape index (κ1) is 18.2. The molecule has 0 saturated heterocycles. The molecular formula is C22H21FN3O2+. The molecule has 142 valence electrons. The Kier molecular flexibility index (Phi) is 4.63. The van der Waals surface area contributed by atoms with Gasteiger partial charge >= 0.3 is 11.5 Å². The molecule has 1 aliphatic heterocycles. The third kappa shape index (κ3) is 2.95. The third-order valence-corrected chi connectivity index (χ3v) is 5.23. The number of aliphatic imine (C=N–C) groups is 1. The van der Waals surface area contributed by atoms with Gasteiger partial charge in [0.25, 0.3) is 0 Å². The van der Waals surface area contributed by atoms with Crippen molar-refractivity contribution in [2.75, 3.05) is 0 Å². The van der Waals surface area contributed by atoms with Crippen molar-refractivity contribution in [3.8, 4) is 0 Å². The monoisotopic (exact) mass is 378 g/mol. The molecule has 1 atom stereocenters. The highest BCUT2D eigenvalue weighted by Crippen LogP contribution is 2.28. The molecule has 0 bridgehead atoms. The highest BCUT2D eigenvalue weighted by molar-refractivity contribution is 6.03. The standard InChI is InChI=1S/C22H21FN3O2/c1-3-6-17-14(2)25(13-20(27)15-9-11-16(23)12-10-15)22-24-18-7-4-5-8-19(18)26(22)21(17)28/h4-5,7-12,19H,3,6,13H2,1-2H3/q+1. The lowest BCUT2D eigenvalue weighted by Crippen LogP contribution is -2.48. The van der Waals surface area contributed by atoms with Gasteiger partial charge in [0, 0.05) is 5.56 Å². The summed E-state index contributed by atoms with van der Waals surface area (Å²) >= 11 is 0. The Morgan fingerprint density at radius 1 is 1.25 bits per heavy atom. The molecule has 1 aromatic carbocycles. The zero-order valence-electron chi connectivity index (χ0n) is 15.9. The first-order chi connectivity index (χ1) is 13.5. The lowest BCUT2D eigenvalue weighted by Gasteiger charge is -2.14. The summed E-state index contributed by atoms with van der Waals surface area (Å²) in [6.45, 7) is 3.93. The molecule has 2 heterocycles. The van der Waals surface area contributed by atoms with Crippen LogP contribution in [0.1, 0.15) is 41.0 Å². The summed E-state index contributed by atoms with van der Waals surface area (Å²) in [4.78, 5) is 30.7. The van der Waals surface area contributed by atoms with E-state index in [0.29, 0.717) is 23.5 Å². The summed E-state index contributed by atoms with van der Waals surface area (Å²) in [7, 11) is 0. The number of benzene rings is 1. The number of Topliss-reactive ketones (excluding diaryl/α,β-unsaturated/α-hetero) is 1. The van der Waals surface area contributed by atoms with Gasteiger partial charge in [-0.2, -0.15) is 4.57 Å². The first-order valence-corrected chi connectivity index (χ1v) is 9.41. The van der Waals surface area contributed by atoms with Gasteiger partial charge in [-0.3, -0.25) is 9.59 Å². The third-order valence-electron chi connectivity index (χ3n) is 5.23. The van der Waals surface area contributed by atoms with Crippen LogP contribution in [0, 0.1) is 12.7 Å². The molecule has 2 aromatic rings. The number of hydrogen-bond acceptors (Lipinski definition) is 3. The Labute approximate surface area is 162 Å². The minimum absolute atomic E-state index is 0.0424. The predicted octanol–water partition coefficient (Wildman–Crippen LogP) is 3.17. The van der Waals surface area contributed by atoms with Crippen LogP contribution in [0.2, 0.25) is 0 Å². The highest BCUT2D eigenvalue weighted by atomic mass is 19.1. The number of aromatic nitrogens is 2. The van der Waals surface area contributed by atoms with E-state index in [4.69, 9.17) is 0 Å². The van der Waals surface area contributed by atoms with E-state index < -0.39 is 0 Å². The largest absolute Gasteiger partial charge is 0.403 e. The van der Waals surface area contributed by atoms with Gasteiger partial charge in [-0.15, -0.1) is 0 Å². The molecule has 1 aliphatic carbocycles. The van der Waals surface area contributed by atoms with Crippen LogP contribution in [0.4, 0.5) is 10.3 Å². The summed E-state index contributed by atoms with van der Waals surface area (Å²) in [5.41, 5.74) is 2.62. The second-order valence-electron chi connectivity index (χ2n) is 7.03. The number of nitrogens with zero attached hydrogens (tertiary/aromatic N) is 3. The fraction of sp³-hybridized carbons (Fsp3) is 0.273. The van der Waals surface area contributed by atoms with E-state index >= 15 is 0 Å². The van der Waals surface area contributed by atoms with Crippen LogP contribution in [0.3, 0.4) is 0 Å². The topological polar surface area (TPSA) is 55.3 Å². The van der Waals surface area contributed by atoms with Crippen LogP contribution >= 0.6 is 0 Å². The van der Waals surface area contributed by atoms with Gasteiger partial charge in [0.15, 0.2) is 17.5 Å². The summed E-state index contributed by atoms with van der Waals surface area (Å²) in [6, 6.07) is 5.27. The van der Waals surface area contributed by atoms with Crippen molar-refractivity contribution in [3.05, 3.63) is 81.6 Å². The molecule has 0 fully saturated rings. The number of allylic oxidation sites excluding steroid dienone is 4. The molecule has 1 aromatic heterocycles. The molecule has 0 amide bonds. The Morgan fingerprint density at radius 3 is 2.71 bits per heavy atom. The van der Waals surface area contributed by atoms with Crippen LogP contribution in [0.5, 0.6) is 0 Å². The van der Waals surface area contributed by atoms with Crippen molar-refractivity contribution in [1.82, 2.24) is 4.57 Å². The van der Waals surface area contributed by atoms with E-state index in [1.165, 1.54) is 24.3 Å². The molecule has 6 heteroatoms. The Hall–Kier alpha value is -3.15.